The van der Waals surface area contributed by atoms with E-state index in [0.29, 0.717) is 23.3 Å². The third kappa shape index (κ3) is 3.91. The van der Waals surface area contributed by atoms with Crippen molar-refractivity contribution < 1.29 is 17.9 Å². The van der Waals surface area contributed by atoms with Gasteiger partial charge in [-0.1, -0.05) is 46.9 Å². The quantitative estimate of drug-likeness (QED) is 0.545. The lowest BCUT2D eigenvalue weighted by atomic mass is 10.2. The van der Waals surface area contributed by atoms with Crippen LogP contribution in [-0.4, -0.2) is 25.9 Å². The molecule has 28 heavy (non-hydrogen) atoms. The molecule has 0 aliphatic carbocycles. The summed E-state index contributed by atoms with van der Waals surface area (Å²) in [4.78, 5) is 0.238. The average Bonchev–Trinajstić information content (AvgIpc) is 3.23. The number of hydrogen-bond donors (Lipinski definition) is 1. The summed E-state index contributed by atoms with van der Waals surface area (Å²) in [5.74, 6) is -0.294. The normalized spacial score (nSPS) is 11.8. The molecule has 0 saturated carbocycles. The van der Waals surface area contributed by atoms with Crippen LogP contribution in [-0.2, 0) is 13.1 Å². The van der Waals surface area contributed by atoms with Crippen LogP contribution in [0.3, 0.4) is 0 Å². The van der Waals surface area contributed by atoms with Crippen molar-refractivity contribution in [1.29, 1.82) is 5.41 Å². The minimum atomic E-state index is -4.74. The van der Waals surface area contributed by atoms with Gasteiger partial charge in [-0.3, -0.25) is 10.1 Å². The Kier molecular flexibility index (Phi) is 4.63. The van der Waals surface area contributed by atoms with Gasteiger partial charge in [0.1, 0.15) is 11.4 Å². The Labute approximate surface area is 160 Å². The highest BCUT2D eigenvalue weighted by Gasteiger charge is 2.31. The fraction of sp³-hybridized carbons (Fsp3) is 0.167. The van der Waals surface area contributed by atoms with E-state index >= 15 is 0 Å². The molecule has 10 heteroatoms. The minimum absolute atomic E-state index is 0.238. The van der Waals surface area contributed by atoms with Gasteiger partial charge in [0.2, 0.25) is 0 Å². The molecule has 0 fully saturated rings. The first-order valence-corrected chi connectivity index (χ1v) is 9.10. The van der Waals surface area contributed by atoms with Crippen LogP contribution < -0.4 is 9.54 Å². The van der Waals surface area contributed by atoms with Gasteiger partial charge in [0, 0.05) is 12.1 Å². The van der Waals surface area contributed by atoms with Crippen molar-refractivity contribution in [3.05, 3.63) is 59.5 Å². The second-order valence-corrected chi connectivity index (χ2v) is 7.00. The largest absolute Gasteiger partial charge is 0.573 e. The molecule has 0 unspecified atom stereocenters. The van der Waals surface area contributed by atoms with E-state index in [0.717, 1.165) is 22.6 Å². The van der Waals surface area contributed by atoms with Crippen molar-refractivity contribution in [2.24, 2.45) is 0 Å². The van der Waals surface area contributed by atoms with Gasteiger partial charge in [-0.2, -0.15) is 0 Å². The number of thiazole rings is 1. The Bertz CT molecular complexity index is 1160. The number of rotatable bonds is 5. The van der Waals surface area contributed by atoms with E-state index in [-0.39, 0.29) is 10.6 Å². The van der Waals surface area contributed by atoms with Gasteiger partial charge in [0.05, 0.1) is 23.0 Å². The molecule has 4 aromatic rings. The smallest absolute Gasteiger partial charge is 0.406 e. The fourth-order valence-electron chi connectivity index (χ4n) is 2.84. The van der Waals surface area contributed by atoms with Crippen molar-refractivity contribution >= 4 is 21.6 Å². The van der Waals surface area contributed by atoms with Crippen LogP contribution in [0.15, 0.2) is 54.7 Å². The first-order valence-electron chi connectivity index (χ1n) is 8.28. The molecule has 0 atom stereocenters. The second kappa shape index (κ2) is 7.12. The number of benzene rings is 2. The van der Waals surface area contributed by atoms with Gasteiger partial charge >= 0.3 is 6.36 Å². The molecule has 2 aromatic carbocycles. The van der Waals surface area contributed by atoms with Crippen molar-refractivity contribution in [3.63, 3.8) is 0 Å². The number of aryl methyl sites for hydroxylation is 2. The summed E-state index contributed by atoms with van der Waals surface area (Å²) in [6.07, 6.45) is -2.92. The summed E-state index contributed by atoms with van der Waals surface area (Å²) in [5.41, 5.74) is 2.38. The highest BCUT2D eigenvalue weighted by molar-refractivity contribution is 7.16. The van der Waals surface area contributed by atoms with Crippen LogP contribution in [0, 0.1) is 5.41 Å². The molecule has 0 saturated heterocycles. The van der Waals surface area contributed by atoms with E-state index in [1.807, 2.05) is 36.5 Å². The summed E-state index contributed by atoms with van der Waals surface area (Å²) in [5, 5.41) is 16.4. The molecule has 0 radical (unpaired) electrons. The van der Waals surface area contributed by atoms with Crippen LogP contribution in [0.25, 0.3) is 21.5 Å². The highest BCUT2D eigenvalue weighted by atomic mass is 32.1. The van der Waals surface area contributed by atoms with E-state index in [4.69, 9.17) is 5.41 Å². The molecule has 0 aliphatic rings. The summed E-state index contributed by atoms with van der Waals surface area (Å²) < 4.78 is 45.0. The molecule has 4 rings (SSSR count). The van der Waals surface area contributed by atoms with E-state index < -0.39 is 6.36 Å². The predicted molar refractivity (Wildman–Crippen MR) is 97.8 cm³/mol. The number of nitrogens with one attached hydrogen (secondary N) is 1. The summed E-state index contributed by atoms with van der Waals surface area (Å²) in [7, 11) is 0. The number of fused-ring (bicyclic) bond motifs is 1. The van der Waals surface area contributed by atoms with Gasteiger partial charge in [0.15, 0.2) is 4.80 Å². The lowest BCUT2D eigenvalue weighted by molar-refractivity contribution is -0.274. The van der Waals surface area contributed by atoms with Gasteiger partial charge in [-0.15, -0.1) is 18.3 Å². The van der Waals surface area contributed by atoms with Crippen molar-refractivity contribution in [3.8, 4) is 17.0 Å². The maximum Gasteiger partial charge on any atom is 0.573 e. The fourth-order valence-corrected chi connectivity index (χ4v) is 3.80. The van der Waals surface area contributed by atoms with Gasteiger partial charge < -0.3 is 9.30 Å². The van der Waals surface area contributed by atoms with Crippen LogP contribution in [0.5, 0.6) is 5.75 Å². The van der Waals surface area contributed by atoms with Crippen LogP contribution in [0.4, 0.5) is 13.2 Å². The van der Waals surface area contributed by atoms with Crippen molar-refractivity contribution in [2.75, 3.05) is 0 Å². The first kappa shape index (κ1) is 18.2. The highest BCUT2D eigenvalue weighted by Crippen LogP contribution is 2.28. The van der Waals surface area contributed by atoms with Crippen LogP contribution in [0.1, 0.15) is 0 Å². The molecule has 144 valence electrons. The van der Waals surface area contributed by atoms with Crippen molar-refractivity contribution in [1.82, 2.24) is 19.6 Å². The number of halogens is 3. The van der Waals surface area contributed by atoms with Gasteiger partial charge in [-0.05, 0) is 18.2 Å². The third-order valence-corrected chi connectivity index (χ3v) is 5.03. The van der Waals surface area contributed by atoms with Gasteiger partial charge in [-0.25, -0.2) is 0 Å². The SMILES string of the molecule is N=c1sc2cc(OC(F)(F)F)ccc2n1CCn1cc(-c2ccccc2)nn1. The number of nitrogens with zero attached hydrogens (tertiary/aromatic N) is 4. The Morgan fingerprint density at radius 1 is 1.07 bits per heavy atom. The molecule has 1 N–H and O–H groups in total. The maximum atomic E-state index is 12.4. The monoisotopic (exact) mass is 405 g/mol. The van der Waals surface area contributed by atoms with Gasteiger partial charge in [0.25, 0.3) is 0 Å². The lowest BCUT2D eigenvalue weighted by Gasteiger charge is -2.09. The van der Waals surface area contributed by atoms with E-state index in [2.05, 4.69) is 15.0 Å². The number of alkyl halides is 3. The topological polar surface area (TPSA) is 68.7 Å². The Morgan fingerprint density at radius 3 is 2.61 bits per heavy atom. The zero-order valence-electron chi connectivity index (χ0n) is 14.3. The number of ether oxygens (including phenoxy) is 1. The summed E-state index contributed by atoms with van der Waals surface area (Å²) in [6, 6.07) is 13.7. The molecular formula is C18H14F3N5OS. The Morgan fingerprint density at radius 2 is 1.86 bits per heavy atom. The molecule has 0 amide bonds. The van der Waals surface area contributed by atoms with Crippen LogP contribution >= 0.6 is 11.3 Å². The maximum absolute atomic E-state index is 12.4. The van der Waals surface area contributed by atoms with E-state index in [9.17, 15) is 13.2 Å². The molecule has 2 heterocycles. The average molecular weight is 405 g/mol. The van der Waals surface area contributed by atoms with E-state index in [1.165, 1.54) is 18.2 Å². The Hall–Kier alpha value is -3.14. The molecule has 0 aliphatic heterocycles. The molecular weight excluding hydrogens is 391 g/mol. The van der Waals surface area contributed by atoms with Crippen molar-refractivity contribution in [2.45, 2.75) is 19.5 Å². The summed E-state index contributed by atoms with van der Waals surface area (Å²) in [6.45, 7) is 0.916. The minimum Gasteiger partial charge on any atom is -0.406 e. The predicted octanol–water partition coefficient (Wildman–Crippen LogP) is 4.04. The summed E-state index contributed by atoms with van der Waals surface area (Å²) >= 11 is 1.09. The molecule has 2 aromatic heterocycles. The third-order valence-electron chi connectivity index (χ3n) is 4.07. The number of hydrogen-bond acceptors (Lipinski definition) is 5. The molecule has 0 spiro atoms. The Balaban J connectivity index is 1.53. The number of aromatic nitrogens is 4. The molecule has 0 bridgehead atoms. The zero-order valence-corrected chi connectivity index (χ0v) is 15.2. The second-order valence-electron chi connectivity index (χ2n) is 5.97. The first-order chi connectivity index (χ1) is 13.4. The van der Waals surface area contributed by atoms with Crippen LogP contribution in [0.2, 0.25) is 0 Å². The molecule has 6 nitrogen and oxygen atoms in total. The standard InChI is InChI=1S/C18H14F3N5OS/c19-18(20,21)27-13-6-7-15-16(10-13)28-17(22)26(15)9-8-25-11-14(23-24-25)12-4-2-1-3-5-12/h1-7,10-11,22H,8-9H2. The lowest BCUT2D eigenvalue weighted by Crippen LogP contribution is -2.17. The zero-order chi connectivity index (χ0) is 19.7. The van der Waals surface area contributed by atoms with E-state index in [1.54, 1.807) is 9.25 Å².